The molecular formula is C10H24N4. The van der Waals surface area contributed by atoms with E-state index in [2.05, 4.69) is 30.8 Å². The fourth-order valence-electron chi connectivity index (χ4n) is 1.27. The zero-order valence-electron chi connectivity index (χ0n) is 9.71. The summed E-state index contributed by atoms with van der Waals surface area (Å²) in [5, 5.41) is 7.18. The first-order chi connectivity index (χ1) is 6.56. The van der Waals surface area contributed by atoms with E-state index in [0.29, 0.717) is 6.42 Å². The Kier molecular flexibility index (Phi) is 7.42. The Morgan fingerprint density at radius 2 is 1.79 bits per heavy atom. The van der Waals surface area contributed by atoms with Gasteiger partial charge in [-0.05, 0) is 27.1 Å². The minimum atomic E-state index is 0.288. The number of amidine groups is 1. The second-order valence-corrected chi connectivity index (χ2v) is 3.92. The van der Waals surface area contributed by atoms with Crippen molar-refractivity contribution in [2.75, 3.05) is 40.3 Å². The van der Waals surface area contributed by atoms with Crippen LogP contribution in [-0.2, 0) is 0 Å². The fourth-order valence-corrected chi connectivity index (χ4v) is 1.27. The van der Waals surface area contributed by atoms with Crippen LogP contribution in [0.15, 0.2) is 0 Å². The maximum atomic E-state index is 7.18. The lowest BCUT2D eigenvalue weighted by molar-refractivity contribution is 0.246. The van der Waals surface area contributed by atoms with Crippen molar-refractivity contribution in [3.05, 3.63) is 0 Å². The predicted molar refractivity (Wildman–Crippen MR) is 61.8 cm³/mol. The third-order valence-electron chi connectivity index (χ3n) is 2.10. The van der Waals surface area contributed by atoms with Gasteiger partial charge in [0, 0.05) is 26.1 Å². The topological polar surface area (TPSA) is 56.4 Å². The van der Waals surface area contributed by atoms with Gasteiger partial charge in [-0.1, -0.05) is 6.92 Å². The molecule has 0 saturated carbocycles. The molecule has 0 aromatic heterocycles. The van der Waals surface area contributed by atoms with Crippen LogP contribution in [0.3, 0.4) is 0 Å². The van der Waals surface area contributed by atoms with E-state index in [1.165, 1.54) is 0 Å². The van der Waals surface area contributed by atoms with Crippen molar-refractivity contribution in [1.29, 1.82) is 5.41 Å². The Morgan fingerprint density at radius 1 is 1.14 bits per heavy atom. The highest BCUT2D eigenvalue weighted by Crippen LogP contribution is 1.94. The average molecular weight is 200 g/mol. The lowest BCUT2D eigenvalue weighted by Crippen LogP contribution is -2.34. The molecule has 0 rings (SSSR count). The van der Waals surface area contributed by atoms with Crippen LogP contribution in [-0.4, -0.2) is 55.9 Å². The van der Waals surface area contributed by atoms with Crippen molar-refractivity contribution < 1.29 is 0 Å². The molecule has 14 heavy (non-hydrogen) atoms. The van der Waals surface area contributed by atoms with E-state index >= 15 is 0 Å². The molecule has 0 unspecified atom stereocenters. The molecule has 0 aliphatic heterocycles. The Balaban J connectivity index is 3.70. The molecule has 4 heteroatoms. The second-order valence-electron chi connectivity index (χ2n) is 3.92. The number of nitrogens with one attached hydrogen (secondary N) is 1. The normalized spacial score (nSPS) is 11.2. The molecule has 0 atom stereocenters. The summed E-state index contributed by atoms with van der Waals surface area (Å²) in [6.07, 6.45) is 1.85. The van der Waals surface area contributed by atoms with Crippen molar-refractivity contribution in [2.45, 2.75) is 19.8 Å². The van der Waals surface area contributed by atoms with E-state index in [-0.39, 0.29) is 5.84 Å². The molecule has 0 heterocycles. The summed E-state index contributed by atoms with van der Waals surface area (Å²) >= 11 is 0. The van der Waals surface area contributed by atoms with Crippen LogP contribution in [0.25, 0.3) is 0 Å². The molecule has 0 radical (unpaired) electrons. The van der Waals surface area contributed by atoms with Crippen molar-refractivity contribution in [3.63, 3.8) is 0 Å². The summed E-state index contributed by atoms with van der Waals surface area (Å²) in [7, 11) is 4.16. The van der Waals surface area contributed by atoms with Gasteiger partial charge in [-0.3, -0.25) is 5.41 Å². The number of rotatable bonds is 8. The molecule has 84 valence electrons. The number of nitrogens with zero attached hydrogens (tertiary/aromatic N) is 2. The summed E-state index contributed by atoms with van der Waals surface area (Å²) in [5.41, 5.74) is 5.34. The third kappa shape index (κ3) is 8.01. The minimum absolute atomic E-state index is 0.288. The zero-order chi connectivity index (χ0) is 11.0. The summed E-state index contributed by atoms with van der Waals surface area (Å²) < 4.78 is 0. The van der Waals surface area contributed by atoms with Crippen LogP contribution in [0.1, 0.15) is 19.8 Å². The maximum absolute atomic E-state index is 7.18. The molecule has 0 aliphatic carbocycles. The van der Waals surface area contributed by atoms with Crippen LogP contribution >= 0.6 is 0 Å². The average Bonchev–Trinajstić information content (AvgIpc) is 2.09. The first-order valence-electron chi connectivity index (χ1n) is 5.26. The Bertz CT molecular complexity index is 156. The second kappa shape index (κ2) is 7.76. The molecule has 0 saturated heterocycles. The molecule has 0 aromatic carbocycles. The van der Waals surface area contributed by atoms with Gasteiger partial charge < -0.3 is 15.5 Å². The molecule has 0 bridgehead atoms. The van der Waals surface area contributed by atoms with E-state index in [9.17, 15) is 0 Å². The van der Waals surface area contributed by atoms with Gasteiger partial charge in [0.15, 0.2) is 0 Å². The van der Waals surface area contributed by atoms with Gasteiger partial charge in [0.1, 0.15) is 0 Å². The zero-order valence-corrected chi connectivity index (χ0v) is 9.71. The molecule has 0 spiro atoms. The lowest BCUT2D eigenvalue weighted by atomic mass is 10.3. The number of hydrogen-bond acceptors (Lipinski definition) is 3. The first-order valence-corrected chi connectivity index (χ1v) is 5.26. The first kappa shape index (κ1) is 13.4. The lowest BCUT2D eigenvalue weighted by Gasteiger charge is -2.23. The third-order valence-corrected chi connectivity index (χ3v) is 2.10. The maximum Gasteiger partial charge on any atom is 0.0918 e. The van der Waals surface area contributed by atoms with Crippen molar-refractivity contribution in [1.82, 2.24) is 9.80 Å². The van der Waals surface area contributed by atoms with E-state index in [4.69, 9.17) is 11.1 Å². The highest BCUT2D eigenvalue weighted by molar-refractivity contribution is 5.76. The monoisotopic (exact) mass is 200 g/mol. The van der Waals surface area contributed by atoms with Crippen LogP contribution < -0.4 is 5.73 Å². The fraction of sp³-hybridized carbons (Fsp3) is 0.900. The minimum Gasteiger partial charge on any atom is -0.388 e. The highest BCUT2D eigenvalue weighted by atomic mass is 15.2. The number of hydrogen-bond donors (Lipinski definition) is 2. The van der Waals surface area contributed by atoms with Gasteiger partial charge in [-0.25, -0.2) is 0 Å². The number of nitrogens with two attached hydrogens (primary N) is 1. The Labute approximate surface area is 87.6 Å². The van der Waals surface area contributed by atoms with Crippen LogP contribution in [0.4, 0.5) is 0 Å². The Morgan fingerprint density at radius 3 is 2.21 bits per heavy atom. The van der Waals surface area contributed by atoms with Crippen LogP contribution in [0.2, 0.25) is 0 Å². The van der Waals surface area contributed by atoms with Gasteiger partial charge in [-0.2, -0.15) is 0 Å². The van der Waals surface area contributed by atoms with Gasteiger partial charge >= 0.3 is 0 Å². The van der Waals surface area contributed by atoms with E-state index in [0.717, 1.165) is 32.6 Å². The van der Waals surface area contributed by atoms with Crippen LogP contribution in [0, 0.1) is 5.41 Å². The van der Waals surface area contributed by atoms with Gasteiger partial charge in [0.2, 0.25) is 0 Å². The van der Waals surface area contributed by atoms with Gasteiger partial charge in [-0.15, -0.1) is 0 Å². The van der Waals surface area contributed by atoms with Crippen molar-refractivity contribution >= 4 is 5.84 Å². The van der Waals surface area contributed by atoms with Crippen LogP contribution in [0.5, 0.6) is 0 Å². The van der Waals surface area contributed by atoms with Gasteiger partial charge in [0.05, 0.1) is 5.84 Å². The summed E-state index contributed by atoms with van der Waals surface area (Å²) in [5.74, 6) is 0.288. The van der Waals surface area contributed by atoms with Gasteiger partial charge in [0.25, 0.3) is 0 Å². The molecule has 0 amide bonds. The molecule has 0 fully saturated rings. The van der Waals surface area contributed by atoms with E-state index < -0.39 is 0 Å². The smallest absolute Gasteiger partial charge is 0.0918 e. The largest absolute Gasteiger partial charge is 0.388 e. The molecule has 0 aliphatic rings. The highest BCUT2D eigenvalue weighted by Gasteiger charge is 2.04. The van der Waals surface area contributed by atoms with E-state index in [1.54, 1.807) is 0 Å². The van der Waals surface area contributed by atoms with Crippen molar-refractivity contribution in [2.24, 2.45) is 5.73 Å². The van der Waals surface area contributed by atoms with E-state index in [1.807, 2.05) is 0 Å². The summed E-state index contributed by atoms with van der Waals surface area (Å²) in [4.78, 5) is 4.54. The quantitative estimate of drug-likeness (QED) is 0.445. The summed E-state index contributed by atoms with van der Waals surface area (Å²) in [6, 6.07) is 0. The van der Waals surface area contributed by atoms with Crippen molar-refractivity contribution in [3.8, 4) is 0 Å². The molecule has 0 aromatic rings. The predicted octanol–water partition coefficient (Wildman–Crippen LogP) is 0.586. The molecule has 3 N–H and O–H groups in total. The number of likely N-dealkylation sites (N-methyl/N-ethyl adjacent to an activating group) is 1. The SMILES string of the molecule is CCCN(CCC(=N)N)CCN(C)C. The standard InChI is InChI=1S/C10H24N4/c1-4-6-14(7-5-10(11)12)9-8-13(2)3/h4-9H2,1-3H3,(H3,11,12). The summed E-state index contributed by atoms with van der Waals surface area (Å²) in [6.45, 7) is 6.32. The molecular weight excluding hydrogens is 176 g/mol. The molecule has 4 nitrogen and oxygen atoms in total. The Hall–Kier alpha value is -0.610.